The van der Waals surface area contributed by atoms with Gasteiger partial charge in [-0.15, -0.1) is 23.2 Å². The highest BCUT2D eigenvalue weighted by Crippen LogP contribution is 2.81. The van der Waals surface area contributed by atoms with Crippen molar-refractivity contribution in [1.29, 1.82) is 0 Å². The van der Waals surface area contributed by atoms with Crippen molar-refractivity contribution in [3.63, 3.8) is 0 Å². The lowest BCUT2D eigenvalue weighted by Crippen LogP contribution is -2.50. The molecule has 5 rings (SSSR count). The van der Waals surface area contributed by atoms with E-state index in [0.717, 1.165) is 5.06 Å². The van der Waals surface area contributed by atoms with Crippen LogP contribution in [0.1, 0.15) is 6.92 Å². The minimum Gasteiger partial charge on any atom is -0.373 e. The maximum Gasteiger partial charge on any atom is 0.260 e. The Kier molecular flexibility index (Phi) is 4.68. The number of alkyl halides is 4. The molecular weight excluding hydrogens is 530 g/mol. The normalized spacial score (nSPS) is 49.5. The number of hydroxylamine groups is 2. The molecule has 29 heavy (non-hydrogen) atoms. The molecule has 1 saturated carbocycles. The maximum absolute atomic E-state index is 13.0. The Bertz CT molecular complexity index is 859. The molecule has 5 nitrogen and oxygen atoms in total. The molecule has 0 unspecified atom stereocenters. The first kappa shape index (κ1) is 21.4. The molecule has 3 aliphatic heterocycles. The van der Waals surface area contributed by atoms with Gasteiger partial charge in [0.15, 0.2) is 4.33 Å². The van der Waals surface area contributed by atoms with E-state index in [1.54, 1.807) is 6.92 Å². The molecule has 0 aromatic rings. The molecule has 4 fully saturated rings. The fourth-order valence-corrected chi connectivity index (χ4v) is 8.75. The summed E-state index contributed by atoms with van der Waals surface area (Å²) in [6.45, 7) is 1.63. The van der Waals surface area contributed by atoms with Gasteiger partial charge in [0.05, 0.1) is 40.7 Å². The molecule has 0 aromatic carbocycles. The van der Waals surface area contributed by atoms with Crippen LogP contribution in [-0.4, -0.2) is 49.8 Å². The largest absolute Gasteiger partial charge is 0.373 e. The van der Waals surface area contributed by atoms with Crippen LogP contribution in [0, 0.1) is 23.7 Å². The highest BCUT2D eigenvalue weighted by Gasteiger charge is 2.90. The summed E-state index contributed by atoms with van der Waals surface area (Å²) in [6, 6.07) is 0. The van der Waals surface area contributed by atoms with Gasteiger partial charge in [-0.3, -0.25) is 14.4 Å². The molecule has 3 saturated heterocycles. The number of hydrogen-bond acceptors (Lipinski definition) is 4. The van der Waals surface area contributed by atoms with Crippen molar-refractivity contribution >= 4 is 93.0 Å². The topological polar surface area (TPSA) is 55.8 Å². The Morgan fingerprint density at radius 2 is 1.48 bits per heavy atom. The number of ether oxygens (including phenoxy) is 1. The van der Waals surface area contributed by atoms with E-state index in [2.05, 4.69) is 0 Å². The van der Waals surface area contributed by atoms with Gasteiger partial charge in [0.25, 0.3) is 11.8 Å². The zero-order valence-corrected chi connectivity index (χ0v) is 19.8. The minimum absolute atomic E-state index is 0.0279. The van der Waals surface area contributed by atoms with Gasteiger partial charge in [-0.2, -0.15) is 5.06 Å². The van der Waals surface area contributed by atoms with Crippen molar-refractivity contribution in [1.82, 2.24) is 5.06 Å². The lowest BCUT2D eigenvalue weighted by atomic mass is 9.65. The fourth-order valence-electron chi connectivity index (χ4n) is 5.62. The number of nitrogens with zero attached hydrogens (tertiary/aromatic N) is 1. The first-order valence-corrected chi connectivity index (χ1v) is 11.4. The summed E-state index contributed by atoms with van der Waals surface area (Å²) in [5.41, 5.74) is 0. The van der Waals surface area contributed by atoms with Gasteiger partial charge in [-0.1, -0.05) is 58.0 Å². The predicted octanol–water partition coefficient (Wildman–Crippen LogP) is 4.52. The smallest absolute Gasteiger partial charge is 0.260 e. The van der Waals surface area contributed by atoms with Crippen LogP contribution < -0.4 is 0 Å². The number of hydrogen-bond donors (Lipinski definition) is 0. The summed E-state index contributed by atoms with van der Waals surface area (Å²) in [5.74, 6) is -3.81. The Hall–Kier alpha value is 0.570. The standard InChI is InChI=1S/C17H12Cl7NO4/c1-4(18)2-3-28-25-13(26)5-6(14(25)27)10-8-7(9(5)29-10)15(21)11(19)12(20)16(8,22)17(15,23)24/h2,5-10H,3H2,1H3/b4-2+/t5-,6+,7+,8-,9+,10-,15-,16-/m1/s1. The van der Waals surface area contributed by atoms with Gasteiger partial charge in [-0.05, 0) is 13.0 Å². The molecular formula is C17H12Cl7NO4. The number of amides is 2. The Morgan fingerprint density at radius 1 is 1.03 bits per heavy atom. The number of imide groups is 1. The molecule has 0 aromatic heterocycles. The van der Waals surface area contributed by atoms with E-state index in [9.17, 15) is 9.59 Å². The van der Waals surface area contributed by atoms with Gasteiger partial charge in [-0.25, -0.2) is 0 Å². The fraction of sp³-hybridized carbons (Fsp3) is 0.647. The van der Waals surface area contributed by atoms with E-state index in [4.69, 9.17) is 90.8 Å². The van der Waals surface area contributed by atoms with Crippen molar-refractivity contribution in [3.05, 3.63) is 21.2 Å². The van der Waals surface area contributed by atoms with Crippen molar-refractivity contribution < 1.29 is 19.2 Å². The zero-order valence-electron chi connectivity index (χ0n) is 14.5. The summed E-state index contributed by atoms with van der Waals surface area (Å²) in [5, 5.41) is 1.33. The molecule has 2 aliphatic carbocycles. The number of carbonyl (C=O) groups excluding carboxylic acids is 2. The second-order valence-corrected chi connectivity index (χ2v) is 11.7. The van der Waals surface area contributed by atoms with Gasteiger partial charge < -0.3 is 4.74 Å². The van der Waals surface area contributed by atoms with Crippen LogP contribution >= 0.6 is 81.2 Å². The van der Waals surface area contributed by atoms with E-state index in [1.807, 2.05) is 0 Å². The molecule has 2 amide bonds. The minimum atomic E-state index is -1.74. The van der Waals surface area contributed by atoms with Crippen LogP contribution in [0.5, 0.6) is 0 Å². The third-order valence-electron chi connectivity index (χ3n) is 6.71. The molecule has 0 N–H and O–H groups in total. The monoisotopic (exact) mass is 539 g/mol. The van der Waals surface area contributed by atoms with Gasteiger partial charge in [0, 0.05) is 16.9 Å². The van der Waals surface area contributed by atoms with Gasteiger partial charge >= 0.3 is 0 Å². The lowest BCUT2D eigenvalue weighted by molar-refractivity contribution is -0.189. The SMILES string of the molecule is C/C(Cl)=C\CON1C(=O)[C@@H]2[C@H]3O[C@@H]([C@@H]2C1=O)[C@@H]1[C@H]3[C@@]2(Cl)C(Cl)=C(Cl)[C@@]1(Cl)C2(Cl)Cl. The second kappa shape index (κ2) is 6.33. The van der Waals surface area contributed by atoms with Crippen molar-refractivity contribution in [2.45, 2.75) is 33.2 Å². The number of allylic oxidation sites excluding steroid dienone is 3. The predicted molar refractivity (Wildman–Crippen MR) is 110 cm³/mol. The van der Waals surface area contributed by atoms with Crippen LogP contribution in [-0.2, 0) is 19.2 Å². The van der Waals surface area contributed by atoms with Crippen LogP contribution in [0.4, 0.5) is 0 Å². The quantitative estimate of drug-likeness (QED) is 0.389. The van der Waals surface area contributed by atoms with Gasteiger partial charge in [0.1, 0.15) is 9.75 Å². The average Bonchev–Trinajstić information content (AvgIpc) is 3.33. The molecule has 8 atom stereocenters. The molecule has 12 heteroatoms. The lowest BCUT2D eigenvalue weighted by Gasteiger charge is -2.39. The third kappa shape index (κ3) is 2.16. The zero-order chi connectivity index (χ0) is 21.3. The van der Waals surface area contributed by atoms with E-state index in [-0.39, 0.29) is 16.7 Å². The maximum atomic E-state index is 13.0. The third-order valence-corrected chi connectivity index (χ3v) is 11.2. The number of fused-ring (bicyclic) bond motifs is 12. The van der Waals surface area contributed by atoms with E-state index in [1.165, 1.54) is 6.08 Å². The van der Waals surface area contributed by atoms with Crippen molar-refractivity contribution in [2.24, 2.45) is 23.7 Å². The Balaban J connectivity index is 1.54. The van der Waals surface area contributed by atoms with Crippen LogP contribution in [0.25, 0.3) is 0 Å². The highest BCUT2D eigenvalue weighted by atomic mass is 35.5. The first-order chi connectivity index (χ1) is 13.4. The summed E-state index contributed by atoms with van der Waals surface area (Å²) in [7, 11) is 0. The second-order valence-electron chi connectivity index (χ2n) is 7.85. The van der Waals surface area contributed by atoms with E-state index < -0.39 is 61.8 Å². The van der Waals surface area contributed by atoms with Gasteiger partial charge in [0.2, 0.25) is 0 Å². The molecule has 0 radical (unpaired) electrons. The number of halogens is 7. The summed E-state index contributed by atoms with van der Waals surface area (Å²) >= 11 is 45.6. The van der Waals surface area contributed by atoms with Crippen molar-refractivity contribution in [2.75, 3.05) is 6.61 Å². The van der Waals surface area contributed by atoms with Crippen LogP contribution in [0.3, 0.4) is 0 Å². The van der Waals surface area contributed by atoms with E-state index in [0.29, 0.717) is 5.03 Å². The molecule has 0 spiro atoms. The Labute approximate surface area is 201 Å². The molecule has 5 aliphatic rings. The van der Waals surface area contributed by atoms with Crippen molar-refractivity contribution in [3.8, 4) is 0 Å². The summed E-state index contributed by atoms with van der Waals surface area (Å²) < 4.78 is 4.31. The van der Waals surface area contributed by atoms with E-state index >= 15 is 0 Å². The summed E-state index contributed by atoms with van der Waals surface area (Å²) in [4.78, 5) is 28.2. The summed E-state index contributed by atoms with van der Waals surface area (Å²) in [6.07, 6.45) is 0.0362. The molecule has 4 bridgehead atoms. The highest BCUT2D eigenvalue weighted by molar-refractivity contribution is 6.65. The number of carbonyl (C=O) groups is 2. The average molecular weight is 542 g/mol. The number of rotatable bonds is 3. The van der Waals surface area contributed by atoms with Crippen LogP contribution in [0.2, 0.25) is 0 Å². The Morgan fingerprint density at radius 3 is 1.90 bits per heavy atom. The molecule has 3 heterocycles. The first-order valence-electron chi connectivity index (χ1n) is 8.72. The van der Waals surface area contributed by atoms with Crippen LogP contribution in [0.15, 0.2) is 21.2 Å². The molecule has 158 valence electrons.